The molecule has 96 valence electrons. The quantitative estimate of drug-likeness (QED) is 0.688. The zero-order chi connectivity index (χ0) is 12.7. The van der Waals surface area contributed by atoms with E-state index in [0.29, 0.717) is 25.9 Å². The van der Waals surface area contributed by atoms with Crippen molar-refractivity contribution in [3.63, 3.8) is 0 Å². The van der Waals surface area contributed by atoms with Crippen LogP contribution >= 0.6 is 0 Å². The van der Waals surface area contributed by atoms with Gasteiger partial charge < -0.3 is 14.4 Å². The van der Waals surface area contributed by atoms with Crippen LogP contribution in [0.1, 0.15) is 26.2 Å². The number of hydrogen-bond donors (Lipinski definition) is 0. The second kappa shape index (κ2) is 7.31. The van der Waals surface area contributed by atoms with Crippen molar-refractivity contribution >= 4 is 5.91 Å². The highest BCUT2D eigenvalue weighted by Crippen LogP contribution is 2.10. The molecule has 0 spiro atoms. The first-order valence-corrected chi connectivity index (χ1v) is 6.04. The summed E-state index contributed by atoms with van der Waals surface area (Å²) >= 11 is 0. The van der Waals surface area contributed by atoms with E-state index in [0.717, 1.165) is 6.42 Å². The molecule has 1 aliphatic rings. The van der Waals surface area contributed by atoms with Crippen molar-refractivity contribution in [2.75, 3.05) is 27.3 Å². The molecule has 1 aliphatic heterocycles. The maximum Gasteiger partial charge on any atom is 0.222 e. The molecule has 0 saturated heterocycles. The summed E-state index contributed by atoms with van der Waals surface area (Å²) in [4.78, 5) is 13.7. The molecule has 4 nitrogen and oxygen atoms in total. The standard InChI is InChI=1S/C13H21NO3/c1-4-7-13(15)14-9-6-5-8-11(16-2)12(10-14)17-3/h11-12H,4,6-7,9-10H2,1-3H3/t11-,12-/m0/s1. The predicted octanol–water partition coefficient (Wildman–Crippen LogP) is 1.05. The van der Waals surface area contributed by atoms with Gasteiger partial charge in [0.25, 0.3) is 0 Å². The lowest BCUT2D eigenvalue weighted by Gasteiger charge is -2.30. The van der Waals surface area contributed by atoms with Gasteiger partial charge in [-0.25, -0.2) is 0 Å². The molecule has 2 atom stereocenters. The first-order valence-electron chi connectivity index (χ1n) is 6.04. The van der Waals surface area contributed by atoms with E-state index in [1.165, 1.54) is 0 Å². The first kappa shape index (κ1) is 14.0. The summed E-state index contributed by atoms with van der Waals surface area (Å²) in [7, 11) is 3.24. The third-order valence-electron chi connectivity index (χ3n) is 2.86. The van der Waals surface area contributed by atoms with Crippen LogP contribution in [0.15, 0.2) is 0 Å². The van der Waals surface area contributed by atoms with Gasteiger partial charge in [0, 0.05) is 33.6 Å². The Hall–Kier alpha value is -1.05. The van der Waals surface area contributed by atoms with Crippen LogP contribution in [-0.4, -0.2) is 50.3 Å². The molecule has 1 amide bonds. The second-order valence-corrected chi connectivity index (χ2v) is 4.09. The molecule has 0 aromatic carbocycles. The van der Waals surface area contributed by atoms with Crippen LogP contribution in [0.5, 0.6) is 0 Å². The topological polar surface area (TPSA) is 38.8 Å². The summed E-state index contributed by atoms with van der Waals surface area (Å²) in [5.74, 6) is 6.23. The molecular weight excluding hydrogens is 218 g/mol. The van der Waals surface area contributed by atoms with E-state index in [2.05, 4.69) is 11.8 Å². The second-order valence-electron chi connectivity index (χ2n) is 4.09. The largest absolute Gasteiger partial charge is 0.376 e. The summed E-state index contributed by atoms with van der Waals surface area (Å²) in [5, 5.41) is 0. The highest BCUT2D eigenvalue weighted by atomic mass is 16.5. The molecule has 0 unspecified atom stereocenters. The Labute approximate surface area is 103 Å². The van der Waals surface area contributed by atoms with E-state index in [1.807, 2.05) is 11.8 Å². The molecule has 0 saturated carbocycles. The van der Waals surface area contributed by atoms with Crippen molar-refractivity contribution in [3.8, 4) is 11.8 Å². The summed E-state index contributed by atoms with van der Waals surface area (Å²) in [6, 6.07) is 0. The smallest absolute Gasteiger partial charge is 0.222 e. The van der Waals surface area contributed by atoms with Gasteiger partial charge in [-0.3, -0.25) is 4.79 Å². The maximum atomic E-state index is 11.9. The van der Waals surface area contributed by atoms with Crippen LogP contribution in [0, 0.1) is 11.8 Å². The molecule has 0 fully saturated rings. The van der Waals surface area contributed by atoms with Gasteiger partial charge in [-0.1, -0.05) is 18.8 Å². The Bertz CT molecular complexity index is 306. The number of ether oxygens (including phenoxy) is 2. The monoisotopic (exact) mass is 239 g/mol. The molecule has 4 heteroatoms. The molecule has 0 bridgehead atoms. The molecule has 0 N–H and O–H groups in total. The number of carbonyl (C=O) groups excluding carboxylic acids is 1. The van der Waals surface area contributed by atoms with Crippen molar-refractivity contribution in [2.24, 2.45) is 0 Å². The molecule has 0 aromatic heterocycles. The number of methoxy groups -OCH3 is 2. The average molecular weight is 239 g/mol. The minimum Gasteiger partial charge on any atom is -0.376 e. The maximum absolute atomic E-state index is 11.9. The van der Waals surface area contributed by atoms with Crippen LogP contribution in [0.2, 0.25) is 0 Å². The third kappa shape index (κ3) is 4.03. The molecular formula is C13H21NO3. The average Bonchev–Trinajstić information content (AvgIpc) is 2.30. The van der Waals surface area contributed by atoms with Crippen molar-refractivity contribution in [3.05, 3.63) is 0 Å². The van der Waals surface area contributed by atoms with Gasteiger partial charge in [0.1, 0.15) is 12.2 Å². The molecule has 0 aromatic rings. The van der Waals surface area contributed by atoms with Crippen LogP contribution < -0.4 is 0 Å². The molecule has 1 heterocycles. The Balaban J connectivity index is 2.72. The van der Waals surface area contributed by atoms with Crippen molar-refractivity contribution < 1.29 is 14.3 Å². The first-order chi connectivity index (χ1) is 8.22. The number of hydrogen-bond acceptors (Lipinski definition) is 3. The Kier molecular flexibility index (Phi) is 6.03. The SMILES string of the molecule is CCCC(=O)N1CCC#C[C@H](OC)[C@@H](OC)C1. The van der Waals surface area contributed by atoms with E-state index in [1.54, 1.807) is 14.2 Å². The van der Waals surface area contributed by atoms with Crippen LogP contribution in [0.4, 0.5) is 0 Å². The Morgan fingerprint density at radius 2 is 2.18 bits per heavy atom. The van der Waals surface area contributed by atoms with Crippen molar-refractivity contribution in [2.45, 2.75) is 38.4 Å². The molecule has 17 heavy (non-hydrogen) atoms. The fourth-order valence-electron chi connectivity index (χ4n) is 1.87. The zero-order valence-electron chi connectivity index (χ0n) is 10.9. The van der Waals surface area contributed by atoms with E-state index < -0.39 is 0 Å². The van der Waals surface area contributed by atoms with E-state index in [4.69, 9.17) is 9.47 Å². The number of amides is 1. The summed E-state index contributed by atoms with van der Waals surface area (Å²) in [6.45, 7) is 3.25. The predicted molar refractivity (Wildman–Crippen MR) is 65.5 cm³/mol. The lowest BCUT2D eigenvalue weighted by Crippen LogP contribution is -2.44. The fourth-order valence-corrected chi connectivity index (χ4v) is 1.87. The third-order valence-corrected chi connectivity index (χ3v) is 2.86. The molecule has 0 radical (unpaired) electrons. The lowest BCUT2D eigenvalue weighted by molar-refractivity contribution is -0.134. The van der Waals surface area contributed by atoms with Gasteiger partial charge in [-0.05, 0) is 6.42 Å². The van der Waals surface area contributed by atoms with Gasteiger partial charge in [-0.15, -0.1) is 0 Å². The van der Waals surface area contributed by atoms with E-state index >= 15 is 0 Å². The molecule has 1 rings (SSSR count). The van der Waals surface area contributed by atoms with Gasteiger partial charge in [0.15, 0.2) is 0 Å². The number of rotatable bonds is 4. The number of nitrogens with zero attached hydrogens (tertiary/aromatic N) is 1. The Morgan fingerprint density at radius 3 is 2.76 bits per heavy atom. The highest BCUT2D eigenvalue weighted by molar-refractivity contribution is 5.76. The minimum atomic E-state index is -0.253. The zero-order valence-corrected chi connectivity index (χ0v) is 10.9. The summed E-state index contributed by atoms with van der Waals surface area (Å²) < 4.78 is 10.6. The molecule has 0 aliphatic carbocycles. The minimum absolute atomic E-state index is 0.173. The summed E-state index contributed by atoms with van der Waals surface area (Å²) in [6.07, 6.45) is 1.73. The van der Waals surface area contributed by atoms with Crippen LogP contribution in [0.3, 0.4) is 0 Å². The highest BCUT2D eigenvalue weighted by Gasteiger charge is 2.25. The van der Waals surface area contributed by atoms with Crippen molar-refractivity contribution in [1.29, 1.82) is 0 Å². The van der Waals surface area contributed by atoms with Gasteiger partial charge in [0.2, 0.25) is 5.91 Å². The normalized spacial score (nSPS) is 24.5. The van der Waals surface area contributed by atoms with E-state index in [-0.39, 0.29) is 18.1 Å². The van der Waals surface area contributed by atoms with E-state index in [9.17, 15) is 4.79 Å². The Morgan fingerprint density at radius 1 is 1.41 bits per heavy atom. The van der Waals surface area contributed by atoms with Crippen LogP contribution in [-0.2, 0) is 14.3 Å². The van der Waals surface area contributed by atoms with Crippen LogP contribution in [0.25, 0.3) is 0 Å². The van der Waals surface area contributed by atoms with Crippen molar-refractivity contribution in [1.82, 2.24) is 4.90 Å². The fraction of sp³-hybridized carbons (Fsp3) is 0.769. The lowest BCUT2D eigenvalue weighted by atomic mass is 10.1. The summed E-state index contributed by atoms with van der Waals surface area (Å²) in [5.41, 5.74) is 0. The number of carbonyl (C=O) groups is 1. The van der Waals surface area contributed by atoms with Gasteiger partial charge >= 0.3 is 0 Å². The van der Waals surface area contributed by atoms with Gasteiger partial charge in [-0.2, -0.15) is 0 Å². The van der Waals surface area contributed by atoms with Gasteiger partial charge in [0.05, 0.1) is 6.54 Å².